The van der Waals surface area contributed by atoms with Gasteiger partial charge in [0.2, 0.25) is 5.91 Å². The predicted octanol–water partition coefficient (Wildman–Crippen LogP) is 1.04. The number of likely N-dealkylation sites (N-methyl/N-ethyl adjacent to an activating group) is 1. The van der Waals surface area contributed by atoms with Crippen LogP contribution in [0.1, 0.15) is 18.9 Å². The molecule has 2 atom stereocenters. The molecule has 0 aromatic heterocycles. The fourth-order valence-electron chi connectivity index (χ4n) is 2.43. The standard InChI is InChI=1S/C13H18N2O/c1-2-15-12(16)13(8-11(13)9-14)10-6-4-3-5-7-10/h3-7,11H,2,8-9,14H2,1H3,(H,15,16)/t11-,13+/m0/s1. The van der Waals surface area contributed by atoms with E-state index in [1.165, 1.54) is 0 Å². The van der Waals surface area contributed by atoms with Crippen molar-refractivity contribution in [3.8, 4) is 0 Å². The van der Waals surface area contributed by atoms with Crippen LogP contribution in [0, 0.1) is 5.92 Å². The van der Waals surface area contributed by atoms with Crippen molar-refractivity contribution in [1.29, 1.82) is 0 Å². The van der Waals surface area contributed by atoms with Crippen LogP contribution in [0.2, 0.25) is 0 Å². The van der Waals surface area contributed by atoms with Gasteiger partial charge in [-0.05, 0) is 31.4 Å². The molecule has 3 nitrogen and oxygen atoms in total. The van der Waals surface area contributed by atoms with E-state index in [0.29, 0.717) is 19.0 Å². The minimum absolute atomic E-state index is 0.122. The molecule has 1 aromatic rings. The normalized spacial score (nSPS) is 27.5. The Morgan fingerprint density at radius 1 is 1.50 bits per heavy atom. The van der Waals surface area contributed by atoms with Crippen molar-refractivity contribution in [3.05, 3.63) is 35.9 Å². The van der Waals surface area contributed by atoms with Crippen LogP contribution in [0.25, 0.3) is 0 Å². The first-order valence-corrected chi connectivity index (χ1v) is 5.79. The highest BCUT2D eigenvalue weighted by Crippen LogP contribution is 2.53. The van der Waals surface area contributed by atoms with E-state index < -0.39 is 0 Å². The summed E-state index contributed by atoms with van der Waals surface area (Å²) < 4.78 is 0. The lowest BCUT2D eigenvalue weighted by molar-refractivity contribution is -0.123. The molecule has 1 amide bonds. The monoisotopic (exact) mass is 218 g/mol. The second kappa shape index (κ2) is 4.26. The molecule has 1 aliphatic rings. The number of hydrogen-bond acceptors (Lipinski definition) is 2. The van der Waals surface area contributed by atoms with Gasteiger partial charge in [-0.25, -0.2) is 0 Å². The van der Waals surface area contributed by atoms with Gasteiger partial charge < -0.3 is 11.1 Å². The van der Waals surface area contributed by atoms with Crippen LogP contribution in [0.3, 0.4) is 0 Å². The highest BCUT2D eigenvalue weighted by molar-refractivity contribution is 5.92. The first kappa shape index (κ1) is 11.1. The molecule has 86 valence electrons. The van der Waals surface area contributed by atoms with Crippen molar-refractivity contribution in [2.75, 3.05) is 13.1 Å². The molecule has 1 aromatic carbocycles. The van der Waals surface area contributed by atoms with Gasteiger partial charge in [0.25, 0.3) is 0 Å². The molecule has 3 heteroatoms. The van der Waals surface area contributed by atoms with Crippen LogP contribution in [0.4, 0.5) is 0 Å². The summed E-state index contributed by atoms with van der Waals surface area (Å²) in [5.41, 5.74) is 6.44. The lowest BCUT2D eigenvalue weighted by Crippen LogP contribution is -2.37. The van der Waals surface area contributed by atoms with E-state index >= 15 is 0 Å². The Bertz CT molecular complexity index is 377. The second-order valence-electron chi connectivity index (χ2n) is 4.33. The fourth-order valence-corrected chi connectivity index (χ4v) is 2.43. The molecule has 0 saturated heterocycles. The van der Waals surface area contributed by atoms with Crippen LogP contribution in [0.5, 0.6) is 0 Å². The Morgan fingerprint density at radius 3 is 2.69 bits per heavy atom. The Kier molecular flexibility index (Phi) is 2.97. The second-order valence-corrected chi connectivity index (χ2v) is 4.33. The average Bonchev–Trinajstić information content (AvgIpc) is 3.06. The minimum atomic E-state index is -0.355. The van der Waals surface area contributed by atoms with Crippen LogP contribution >= 0.6 is 0 Å². The number of rotatable bonds is 4. The van der Waals surface area contributed by atoms with Crippen molar-refractivity contribution in [2.45, 2.75) is 18.8 Å². The minimum Gasteiger partial charge on any atom is -0.356 e. The summed E-state index contributed by atoms with van der Waals surface area (Å²) in [6.07, 6.45) is 0.874. The van der Waals surface area contributed by atoms with Gasteiger partial charge in [-0.2, -0.15) is 0 Å². The summed E-state index contributed by atoms with van der Waals surface area (Å²) >= 11 is 0. The van der Waals surface area contributed by atoms with Gasteiger partial charge >= 0.3 is 0 Å². The lowest BCUT2D eigenvalue weighted by Gasteiger charge is -2.16. The summed E-state index contributed by atoms with van der Waals surface area (Å²) in [6, 6.07) is 9.95. The zero-order valence-electron chi connectivity index (χ0n) is 9.57. The summed E-state index contributed by atoms with van der Waals surface area (Å²) in [4.78, 5) is 12.1. The molecular weight excluding hydrogens is 200 g/mol. The maximum absolute atomic E-state index is 12.1. The highest BCUT2D eigenvalue weighted by Gasteiger charge is 2.59. The summed E-state index contributed by atoms with van der Waals surface area (Å²) in [6.45, 7) is 3.19. The maximum atomic E-state index is 12.1. The Hall–Kier alpha value is -1.35. The van der Waals surface area contributed by atoms with Gasteiger partial charge in [0, 0.05) is 6.54 Å². The molecule has 0 heterocycles. The molecule has 0 spiro atoms. The molecule has 1 aliphatic carbocycles. The molecule has 2 rings (SSSR count). The Balaban J connectivity index is 2.28. The maximum Gasteiger partial charge on any atom is 0.230 e. The van der Waals surface area contributed by atoms with E-state index in [9.17, 15) is 4.79 Å². The molecule has 16 heavy (non-hydrogen) atoms. The van der Waals surface area contributed by atoms with E-state index in [-0.39, 0.29) is 11.3 Å². The zero-order chi connectivity index (χ0) is 11.6. The van der Waals surface area contributed by atoms with Crippen molar-refractivity contribution in [3.63, 3.8) is 0 Å². The van der Waals surface area contributed by atoms with E-state index in [1.54, 1.807) is 0 Å². The number of amides is 1. The third-order valence-electron chi connectivity index (χ3n) is 3.42. The van der Waals surface area contributed by atoms with Gasteiger partial charge in [0.1, 0.15) is 0 Å². The molecule has 3 N–H and O–H groups in total. The van der Waals surface area contributed by atoms with Crippen molar-refractivity contribution >= 4 is 5.91 Å². The van der Waals surface area contributed by atoms with Crippen LogP contribution in [-0.4, -0.2) is 19.0 Å². The number of carbonyl (C=O) groups is 1. The SMILES string of the molecule is CCNC(=O)[C@@]1(c2ccccc2)C[C@H]1CN. The van der Waals surface area contributed by atoms with Crippen LogP contribution in [-0.2, 0) is 10.2 Å². The van der Waals surface area contributed by atoms with Gasteiger partial charge in [-0.1, -0.05) is 30.3 Å². The highest BCUT2D eigenvalue weighted by atomic mass is 16.2. The molecule has 0 unspecified atom stereocenters. The predicted molar refractivity (Wildman–Crippen MR) is 64.0 cm³/mol. The lowest BCUT2D eigenvalue weighted by atomic mass is 9.92. The number of carbonyl (C=O) groups excluding carboxylic acids is 1. The van der Waals surface area contributed by atoms with E-state index in [0.717, 1.165) is 12.0 Å². The molecule has 0 aliphatic heterocycles. The largest absolute Gasteiger partial charge is 0.356 e. The summed E-state index contributed by atoms with van der Waals surface area (Å²) in [7, 11) is 0. The van der Waals surface area contributed by atoms with E-state index in [2.05, 4.69) is 5.32 Å². The number of benzene rings is 1. The molecule has 1 fully saturated rings. The van der Waals surface area contributed by atoms with E-state index in [4.69, 9.17) is 5.73 Å². The number of hydrogen-bond donors (Lipinski definition) is 2. The molecule has 1 saturated carbocycles. The van der Waals surface area contributed by atoms with Crippen LogP contribution in [0.15, 0.2) is 30.3 Å². The van der Waals surface area contributed by atoms with Crippen molar-refractivity contribution in [1.82, 2.24) is 5.32 Å². The Labute approximate surface area is 96.0 Å². The molecule has 0 bridgehead atoms. The topological polar surface area (TPSA) is 55.1 Å². The van der Waals surface area contributed by atoms with Crippen molar-refractivity contribution < 1.29 is 4.79 Å². The zero-order valence-corrected chi connectivity index (χ0v) is 9.57. The van der Waals surface area contributed by atoms with E-state index in [1.807, 2.05) is 37.3 Å². The third-order valence-corrected chi connectivity index (χ3v) is 3.42. The third kappa shape index (κ3) is 1.61. The van der Waals surface area contributed by atoms with Gasteiger partial charge in [-0.15, -0.1) is 0 Å². The number of nitrogens with one attached hydrogen (secondary N) is 1. The first-order valence-electron chi connectivity index (χ1n) is 5.79. The first-order chi connectivity index (χ1) is 7.75. The van der Waals surface area contributed by atoms with Gasteiger partial charge in [0.15, 0.2) is 0 Å². The van der Waals surface area contributed by atoms with Crippen LogP contribution < -0.4 is 11.1 Å². The fraction of sp³-hybridized carbons (Fsp3) is 0.462. The quantitative estimate of drug-likeness (QED) is 0.793. The smallest absolute Gasteiger partial charge is 0.230 e. The molecule has 0 radical (unpaired) electrons. The summed E-state index contributed by atoms with van der Waals surface area (Å²) in [5, 5.41) is 2.92. The summed E-state index contributed by atoms with van der Waals surface area (Å²) in [5.74, 6) is 0.415. The number of nitrogens with two attached hydrogens (primary N) is 1. The molecular formula is C13H18N2O. The van der Waals surface area contributed by atoms with Crippen molar-refractivity contribution in [2.24, 2.45) is 11.7 Å². The average molecular weight is 218 g/mol. The van der Waals surface area contributed by atoms with Gasteiger partial charge in [0.05, 0.1) is 5.41 Å². The van der Waals surface area contributed by atoms with Gasteiger partial charge in [-0.3, -0.25) is 4.79 Å². The Morgan fingerprint density at radius 2 is 2.19 bits per heavy atom.